The van der Waals surface area contributed by atoms with Gasteiger partial charge in [0.15, 0.2) is 0 Å². The molecule has 0 bridgehead atoms. The van der Waals surface area contributed by atoms with Crippen LogP contribution in [0.2, 0.25) is 0 Å². The van der Waals surface area contributed by atoms with E-state index in [0.29, 0.717) is 0 Å². The second-order valence-electron chi connectivity index (χ2n) is 5.42. The van der Waals surface area contributed by atoms with E-state index < -0.39 is 5.60 Å². The van der Waals surface area contributed by atoms with Gasteiger partial charge in [-0.3, -0.25) is 0 Å². The van der Waals surface area contributed by atoms with Gasteiger partial charge in [-0.1, -0.05) is 31.9 Å². The maximum Gasteiger partial charge on any atom is 0.119 e. The highest BCUT2D eigenvalue weighted by Gasteiger charge is 2.28. The summed E-state index contributed by atoms with van der Waals surface area (Å²) in [7, 11) is 5.72. The highest BCUT2D eigenvalue weighted by Crippen LogP contribution is 2.32. The van der Waals surface area contributed by atoms with E-state index in [2.05, 4.69) is 11.8 Å². The van der Waals surface area contributed by atoms with Gasteiger partial charge in [0, 0.05) is 6.54 Å². The van der Waals surface area contributed by atoms with Crippen molar-refractivity contribution >= 4 is 12.4 Å². The minimum absolute atomic E-state index is 0. The van der Waals surface area contributed by atoms with Gasteiger partial charge in [-0.25, -0.2) is 0 Å². The van der Waals surface area contributed by atoms with Crippen LogP contribution in [0.3, 0.4) is 0 Å². The number of ether oxygens (including phenoxy) is 1. The van der Waals surface area contributed by atoms with Gasteiger partial charge < -0.3 is 14.7 Å². The molecule has 0 saturated heterocycles. The fourth-order valence-corrected chi connectivity index (χ4v) is 2.20. The number of unbranched alkanes of at least 4 members (excludes halogenated alkanes) is 1. The summed E-state index contributed by atoms with van der Waals surface area (Å²) in [6, 6.07) is 7.80. The second-order valence-corrected chi connectivity index (χ2v) is 5.42. The van der Waals surface area contributed by atoms with Crippen molar-refractivity contribution in [2.45, 2.75) is 38.2 Å². The summed E-state index contributed by atoms with van der Waals surface area (Å²) >= 11 is 0. The van der Waals surface area contributed by atoms with Gasteiger partial charge in [0.1, 0.15) is 5.75 Å². The van der Waals surface area contributed by atoms with E-state index in [9.17, 15) is 5.11 Å². The Labute approximate surface area is 129 Å². The van der Waals surface area contributed by atoms with Gasteiger partial charge in [0.2, 0.25) is 0 Å². The lowest BCUT2D eigenvalue weighted by atomic mass is 9.85. The lowest BCUT2D eigenvalue weighted by molar-refractivity contribution is 0.0101. The van der Waals surface area contributed by atoms with Gasteiger partial charge in [-0.15, -0.1) is 12.4 Å². The molecule has 4 heteroatoms. The zero-order chi connectivity index (χ0) is 14.3. The number of aliphatic hydroxyl groups is 1. The van der Waals surface area contributed by atoms with Crippen LogP contribution in [-0.4, -0.2) is 37.8 Å². The predicted molar refractivity (Wildman–Crippen MR) is 86.8 cm³/mol. The minimum Gasteiger partial charge on any atom is -0.497 e. The van der Waals surface area contributed by atoms with Crippen molar-refractivity contribution in [1.29, 1.82) is 0 Å². The molecule has 116 valence electrons. The first-order valence-electron chi connectivity index (χ1n) is 7.03. The van der Waals surface area contributed by atoms with Gasteiger partial charge >= 0.3 is 0 Å². The molecule has 0 aromatic heterocycles. The number of hydrogen-bond donors (Lipinski definition) is 1. The third kappa shape index (κ3) is 5.70. The van der Waals surface area contributed by atoms with Crippen molar-refractivity contribution in [3.63, 3.8) is 0 Å². The zero-order valence-electron chi connectivity index (χ0n) is 13.1. The van der Waals surface area contributed by atoms with Crippen LogP contribution in [-0.2, 0) is 5.60 Å². The van der Waals surface area contributed by atoms with Crippen LogP contribution in [0, 0.1) is 0 Å². The quantitative estimate of drug-likeness (QED) is 0.798. The van der Waals surface area contributed by atoms with Crippen molar-refractivity contribution in [3.8, 4) is 5.75 Å². The number of methoxy groups -OCH3 is 1. The normalized spacial score (nSPS) is 13.7. The number of benzene rings is 1. The van der Waals surface area contributed by atoms with Gasteiger partial charge in [-0.2, -0.15) is 0 Å². The standard InChI is InChI=1S/C16H27NO2.ClH/c1-5-6-10-16(18,11-12-17(2)3)14-8-7-9-15(13-14)19-4;/h7-9,13,18H,5-6,10-12H2,1-4H3;1H. The first-order valence-corrected chi connectivity index (χ1v) is 7.03. The topological polar surface area (TPSA) is 32.7 Å². The second kappa shape index (κ2) is 9.22. The van der Waals surface area contributed by atoms with Crippen LogP contribution in [0.1, 0.15) is 38.2 Å². The third-order valence-corrected chi connectivity index (χ3v) is 3.52. The molecule has 0 radical (unpaired) electrons. The number of rotatable bonds is 8. The summed E-state index contributed by atoms with van der Waals surface area (Å²) in [5, 5.41) is 11.0. The molecule has 0 aliphatic heterocycles. The van der Waals surface area contributed by atoms with Crippen LogP contribution < -0.4 is 4.74 Å². The van der Waals surface area contributed by atoms with Crippen LogP contribution >= 0.6 is 12.4 Å². The summed E-state index contributed by atoms with van der Waals surface area (Å²) in [6.07, 6.45) is 3.66. The molecule has 1 aromatic rings. The van der Waals surface area contributed by atoms with Gasteiger partial charge in [0.25, 0.3) is 0 Å². The highest BCUT2D eigenvalue weighted by molar-refractivity contribution is 5.85. The van der Waals surface area contributed by atoms with Crippen LogP contribution in [0.25, 0.3) is 0 Å². The predicted octanol–water partition coefficient (Wildman–Crippen LogP) is 3.45. The van der Waals surface area contributed by atoms with Crippen molar-refractivity contribution in [1.82, 2.24) is 4.90 Å². The molecule has 1 unspecified atom stereocenters. The van der Waals surface area contributed by atoms with Crippen LogP contribution in [0.5, 0.6) is 5.75 Å². The van der Waals surface area contributed by atoms with E-state index in [1.807, 2.05) is 38.4 Å². The summed E-state index contributed by atoms with van der Waals surface area (Å²) in [4.78, 5) is 2.11. The summed E-state index contributed by atoms with van der Waals surface area (Å²) < 4.78 is 5.26. The lowest BCUT2D eigenvalue weighted by Crippen LogP contribution is -2.30. The average Bonchev–Trinajstić information content (AvgIpc) is 2.43. The molecule has 0 heterocycles. The SMILES string of the molecule is CCCCC(O)(CCN(C)C)c1cccc(OC)c1.Cl. The van der Waals surface area contributed by atoms with Crippen LogP contribution in [0.4, 0.5) is 0 Å². The van der Waals surface area contributed by atoms with E-state index in [4.69, 9.17) is 4.74 Å². The number of nitrogens with zero attached hydrogens (tertiary/aromatic N) is 1. The smallest absolute Gasteiger partial charge is 0.119 e. The maximum atomic E-state index is 11.0. The van der Waals surface area contributed by atoms with Crippen molar-refractivity contribution in [2.75, 3.05) is 27.7 Å². The Balaban J connectivity index is 0.00000361. The number of halogens is 1. The molecule has 1 atom stereocenters. The molecule has 3 nitrogen and oxygen atoms in total. The van der Waals surface area contributed by atoms with E-state index in [-0.39, 0.29) is 12.4 Å². The summed E-state index contributed by atoms with van der Waals surface area (Å²) in [5.41, 5.74) is 0.205. The monoisotopic (exact) mass is 301 g/mol. The Hall–Kier alpha value is -0.770. The average molecular weight is 302 g/mol. The molecular weight excluding hydrogens is 274 g/mol. The Morgan fingerprint density at radius 3 is 2.50 bits per heavy atom. The van der Waals surface area contributed by atoms with E-state index >= 15 is 0 Å². The molecule has 0 aliphatic rings. The van der Waals surface area contributed by atoms with Gasteiger partial charge in [0.05, 0.1) is 12.7 Å². The summed E-state index contributed by atoms with van der Waals surface area (Å²) in [6.45, 7) is 3.02. The molecule has 0 saturated carbocycles. The Morgan fingerprint density at radius 1 is 1.25 bits per heavy atom. The van der Waals surface area contributed by atoms with Crippen molar-refractivity contribution in [2.24, 2.45) is 0 Å². The molecular formula is C16H28ClNO2. The Morgan fingerprint density at radius 2 is 1.95 bits per heavy atom. The minimum atomic E-state index is -0.755. The molecule has 0 aliphatic carbocycles. The van der Waals surface area contributed by atoms with Crippen molar-refractivity contribution < 1.29 is 9.84 Å². The Kier molecular flexibility index (Phi) is 8.86. The molecule has 1 N–H and O–H groups in total. The first-order chi connectivity index (χ1) is 9.01. The fourth-order valence-electron chi connectivity index (χ4n) is 2.20. The highest BCUT2D eigenvalue weighted by atomic mass is 35.5. The van der Waals surface area contributed by atoms with Crippen molar-refractivity contribution in [3.05, 3.63) is 29.8 Å². The molecule has 0 spiro atoms. The molecule has 20 heavy (non-hydrogen) atoms. The largest absolute Gasteiger partial charge is 0.497 e. The lowest BCUT2D eigenvalue weighted by Gasteiger charge is -2.30. The summed E-state index contributed by atoms with van der Waals surface area (Å²) in [5.74, 6) is 0.803. The Bertz CT molecular complexity index is 384. The third-order valence-electron chi connectivity index (χ3n) is 3.52. The maximum absolute atomic E-state index is 11.0. The van der Waals surface area contributed by atoms with E-state index in [1.165, 1.54) is 0 Å². The first kappa shape index (κ1) is 19.2. The van der Waals surface area contributed by atoms with Gasteiger partial charge in [-0.05, 0) is 44.6 Å². The molecule has 1 rings (SSSR count). The van der Waals surface area contributed by atoms with E-state index in [0.717, 1.165) is 43.5 Å². The number of hydrogen-bond acceptors (Lipinski definition) is 3. The fraction of sp³-hybridized carbons (Fsp3) is 0.625. The van der Waals surface area contributed by atoms with E-state index in [1.54, 1.807) is 7.11 Å². The molecule has 0 amide bonds. The zero-order valence-corrected chi connectivity index (χ0v) is 13.9. The molecule has 0 fully saturated rings. The van der Waals surface area contributed by atoms with Crippen LogP contribution in [0.15, 0.2) is 24.3 Å². The molecule has 1 aromatic carbocycles.